The Morgan fingerprint density at radius 2 is 0.796 bits per heavy atom. The van der Waals surface area contributed by atoms with Crippen LogP contribution >= 0.6 is 0 Å². The average molecular weight is 707 g/mol. The third-order valence-electron chi connectivity index (χ3n) is 6.03. The van der Waals surface area contributed by atoms with Crippen LogP contribution in [-0.2, 0) is 49.2 Å². The third kappa shape index (κ3) is 27.6. The molecule has 0 fully saturated rings. The molecular formula is C36H66O13. The predicted octanol–water partition coefficient (Wildman–Crippen LogP) is 4.47. The van der Waals surface area contributed by atoms with Crippen molar-refractivity contribution in [2.75, 3.05) is 119 Å². The van der Waals surface area contributed by atoms with E-state index < -0.39 is 0 Å². The molecule has 0 aliphatic carbocycles. The molecule has 49 heavy (non-hydrogen) atoms. The topological polar surface area (TPSA) is 131 Å². The van der Waals surface area contributed by atoms with Crippen molar-refractivity contribution in [1.29, 1.82) is 0 Å². The van der Waals surface area contributed by atoms with Gasteiger partial charge in [-0.05, 0) is 73.1 Å². The highest BCUT2D eigenvalue weighted by molar-refractivity contribution is 5.54. The number of hydrogen-bond acceptors (Lipinski definition) is 13. The van der Waals surface area contributed by atoms with Gasteiger partial charge in [0.1, 0.15) is 19.8 Å². The molecule has 1 aromatic carbocycles. The second kappa shape index (κ2) is 27.9. The molecule has 0 aromatic heterocycles. The summed E-state index contributed by atoms with van der Waals surface area (Å²) in [6.07, 6.45) is 0.179. The number of ether oxygens (including phenoxy) is 12. The molecule has 0 saturated heterocycles. The van der Waals surface area contributed by atoms with Crippen LogP contribution in [0.2, 0.25) is 0 Å². The van der Waals surface area contributed by atoms with Gasteiger partial charge in [-0.1, -0.05) is 0 Å². The van der Waals surface area contributed by atoms with Gasteiger partial charge in [-0.25, -0.2) is 0 Å². The minimum absolute atomic E-state index is 0.179. The SMILES string of the molecule is CC(C)OCCOCCOCCOc1c(OCCOCCOCCOC(C)(C)C)cc(CO)cc1OCCOCCOCCOC(C)(C)C. The lowest BCUT2D eigenvalue weighted by Gasteiger charge is -2.19. The van der Waals surface area contributed by atoms with E-state index in [2.05, 4.69) is 0 Å². The molecule has 0 radical (unpaired) electrons. The highest BCUT2D eigenvalue weighted by Gasteiger charge is 2.16. The van der Waals surface area contributed by atoms with E-state index in [1.165, 1.54) is 0 Å². The molecule has 288 valence electrons. The average Bonchev–Trinajstić information content (AvgIpc) is 3.03. The Balaban J connectivity index is 2.57. The molecular weight excluding hydrogens is 640 g/mol. The fourth-order valence-electron chi connectivity index (χ4n) is 3.82. The zero-order valence-corrected chi connectivity index (χ0v) is 31.5. The lowest BCUT2D eigenvalue weighted by atomic mass is 10.2. The highest BCUT2D eigenvalue weighted by Crippen LogP contribution is 2.39. The van der Waals surface area contributed by atoms with Gasteiger partial charge in [0.15, 0.2) is 11.5 Å². The summed E-state index contributed by atoms with van der Waals surface area (Å²) in [6.45, 7) is 23.4. The van der Waals surface area contributed by atoms with Crippen molar-refractivity contribution >= 4 is 0 Å². The van der Waals surface area contributed by atoms with E-state index in [1.54, 1.807) is 12.1 Å². The number of aliphatic hydroxyl groups is 1. The van der Waals surface area contributed by atoms with Gasteiger partial charge in [-0.3, -0.25) is 0 Å². The number of rotatable bonds is 32. The van der Waals surface area contributed by atoms with E-state index in [-0.39, 0.29) is 43.7 Å². The molecule has 1 N–H and O–H groups in total. The zero-order valence-electron chi connectivity index (χ0n) is 31.5. The molecule has 13 heteroatoms. The summed E-state index contributed by atoms with van der Waals surface area (Å²) in [5, 5.41) is 9.92. The van der Waals surface area contributed by atoms with Gasteiger partial charge < -0.3 is 61.9 Å². The molecule has 1 rings (SSSR count). The van der Waals surface area contributed by atoms with Crippen molar-refractivity contribution in [3.8, 4) is 17.2 Å². The van der Waals surface area contributed by atoms with Crippen LogP contribution in [0.1, 0.15) is 61.0 Å². The first kappa shape index (κ1) is 45.2. The number of aliphatic hydroxyl groups excluding tert-OH is 1. The van der Waals surface area contributed by atoms with Gasteiger partial charge >= 0.3 is 0 Å². The van der Waals surface area contributed by atoms with Crippen LogP contribution in [0.3, 0.4) is 0 Å². The first-order valence-electron chi connectivity index (χ1n) is 17.4. The Bertz CT molecular complexity index is 860. The summed E-state index contributed by atoms with van der Waals surface area (Å²) in [5.74, 6) is 1.27. The van der Waals surface area contributed by atoms with E-state index >= 15 is 0 Å². The molecule has 13 nitrogen and oxygen atoms in total. The molecule has 0 atom stereocenters. The summed E-state index contributed by atoms with van der Waals surface area (Å²) in [7, 11) is 0. The van der Waals surface area contributed by atoms with Gasteiger partial charge in [0.25, 0.3) is 0 Å². The standard InChI is InChI=1S/C36H66O13/c1-30(2)44-21-15-38-9-10-41-18-24-47-34-32(45-22-16-39-11-13-42-19-25-48-35(3,4)5)27-31(29-37)28-33(34)46-23-17-40-12-14-43-20-26-49-36(6,7)8/h27-28,30,37H,9-26,29H2,1-8H3. The lowest BCUT2D eigenvalue weighted by Crippen LogP contribution is -2.22. The van der Waals surface area contributed by atoms with Gasteiger partial charge in [0.2, 0.25) is 5.75 Å². The molecule has 1 aromatic rings. The maximum Gasteiger partial charge on any atom is 0.203 e. The van der Waals surface area contributed by atoms with Gasteiger partial charge in [-0.2, -0.15) is 0 Å². The van der Waals surface area contributed by atoms with Crippen LogP contribution in [0, 0.1) is 0 Å². The summed E-state index contributed by atoms with van der Waals surface area (Å²) < 4.78 is 68.5. The minimum Gasteiger partial charge on any atom is -0.487 e. The van der Waals surface area contributed by atoms with E-state index in [0.717, 1.165) is 0 Å². The highest BCUT2D eigenvalue weighted by atomic mass is 16.6. The Morgan fingerprint density at radius 1 is 0.469 bits per heavy atom. The van der Waals surface area contributed by atoms with E-state index in [0.29, 0.717) is 122 Å². The second-order valence-electron chi connectivity index (χ2n) is 13.1. The number of benzene rings is 1. The van der Waals surface area contributed by atoms with Crippen LogP contribution in [0.4, 0.5) is 0 Å². The Kier molecular flexibility index (Phi) is 25.7. The van der Waals surface area contributed by atoms with Gasteiger partial charge in [0.05, 0.1) is 123 Å². The summed E-state index contributed by atoms with van der Waals surface area (Å²) in [5.41, 5.74) is 0.243. The van der Waals surface area contributed by atoms with Gasteiger partial charge in [0, 0.05) is 0 Å². The number of hydrogen-bond donors (Lipinski definition) is 1. The van der Waals surface area contributed by atoms with Crippen LogP contribution < -0.4 is 14.2 Å². The molecule has 0 unspecified atom stereocenters. The zero-order chi connectivity index (χ0) is 36.2. The first-order chi connectivity index (χ1) is 23.4. The van der Waals surface area contributed by atoms with E-state index in [1.807, 2.05) is 55.4 Å². The minimum atomic E-state index is -0.197. The lowest BCUT2D eigenvalue weighted by molar-refractivity contribution is -0.0434. The predicted molar refractivity (Wildman–Crippen MR) is 186 cm³/mol. The third-order valence-corrected chi connectivity index (χ3v) is 6.03. The second-order valence-corrected chi connectivity index (χ2v) is 13.1. The molecule has 0 aliphatic rings. The van der Waals surface area contributed by atoms with E-state index in [9.17, 15) is 5.11 Å². The molecule has 0 spiro atoms. The maximum atomic E-state index is 9.92. The first-order valence-corrected chi connectivity index (χ1v) is 17.4. The Morgan fingerprint density at radius 3 is 1.14 bits per heavy atom. The summed E-state index contributed by atoms with van der Waals surface area (Å²) in [4.78, 5) is 0. The Labute approximate surface area is 295 Å². The fourth-order valence-corrected chi connectivity index (χ4v) is 3.82. The maximum absolute atomic E-state index is 9.92. The van der Waals surface area contributed by atoms with Crippen LogP contribution in [-0.4, -0.2) is 141 Å². The van der Waals surface area contributed by atoms with Crippen molar-refractivity contribution in [3.63, 3.8) is 0 Å². The van der Waals surface area contributed by atoms with Crippen molar-refractivity contribution in [3.05, 3.63) is 17.7 Å². The molecule has 0 saturated carbocycles. The van der Waals surface area contributed by atoms with Gasteiger partial charge in [-0.15, -0.1) is 0 Å². The molecule has 0 aliphatic heterocycles. The smallest absolute Gasteiger partial charge is 0.203 e. The normalized spacial score (nSPS) is 12.2. The fraction of sp³-hybridized carbons (Fsp3) is 0.833. The summed E-state index contributed by atoms with van der Waals surface area (Å²) in [6, 6.07) is 3.46. The largest absolute Gasteiger partial charge is 0.487 e. The monoisotopic (exact) mass is 706 g/mol. The van der Waals surface area contributed by atoms with Crippen LogP contribution in [0.15, 0.2) is 12.1 Å². The van der Waals surface area contributed by atoms with Crippen LogP contribution in [0.25, 0.3) is 0 Å². The molecule has 0 amide bonds. The van der Waals surface area contributed by atoms with Crippen molar-refractivity contribution in [1.82, 2.24) is 0 Å². The Hall–Kier alpha value is -1.78. The van der Waals surface area contributed by atoms with Crippen molar-refractivity contribution in [2.24, 2.45) is 0 Å². The summed E-state index contributed by atoms with van der Waals surface area (Å²) >= 11 is 0. The van der Waals surface area contributed by atoms with Crippen molar-refractivity contribution < 1.29 is 61.9 Å². The molecule has 0 bridgehead atoms. The molecule has 0 heterocycles. The quantitative estimate of drug-likeness (QED) is 0.106. The van der Waals surface area contributed by atoms with E-state index in [4.69, 9.17) is 56.8 Å². The van der Waals surface area contributed by atoms with Crippen molar-refractivity contribution in [2.45, 2.75) is 79.3 Å². The van der Waals surface area contributed by atoms with Crippen LogP contribution in [0.5, 0.6) is 17.2 Å².